The van der Waals surface area contributed by atoms with Gasteiger partial charge in [-0.2, -0.15) is 0 Å². The first-order valence-corrected chi connectivity index (χ1v) is 11.2. The zero-order valence-corrected chi connectivity index (χ0v) is 17.3. The van der Waals surface area contributed by atoms with Crippen molar-refractivity contribution < 1.29 is 13.2 Å². The quantitative estimate of drug-likeness (QED) is 0.749. The average molecular weight is 422 g/mol. The molecule has 1 heterocycles. The van der Waals surface area contributed by atoms with Crippen LogP contribution in [0.1, 0.15) is 36.8 Å². The van der Waals surface area contributed by atoms with Crippen LogP contribution < -0.4 is 10.0 Å². The Labute approximate surface area is 170 Å². The summed E-state index contributed by atoms with van der Waals surface area (Å²) in [6, 6.07) is 8.29. The molecule has 1 amide bonds. The molecule has 0 unspecified atom stereocenters. The molecule has 1 aromatic heterocycles. The van der Waals surface area contributed by atoms with Gasteiger partial charge >= 0.3 is 0 Å². The van der Waals surface area contributed by atoms with Gasteiger partial charge in [-0.15, -0.1) is 0 Å². The zero-order chi connectivity index (χ0) is 20.1. The molecule has 1 aromatic carbocycles. The summed E-state index contributed by atoms with van der Waals surface area (Å²) >= 11 is 6.05. The van der Waals surface area contributed by atoms with Crippen LogP contribution in [0, 0.1) is 12.8 Å². The van der Waals surface area contributed by atoms with Crippen LogP contribution in [0.4, 0.5) is 0 Å². The number of sulfonamides is 1. The molecule has 0 bridgehead atoms. The van der Waals surface area contributed by atoms with Crippen molar-refractivity contribution in [1.29, 1.82) is 0 Å². The fraction of sp³-hybridized carbons (Fsp3) is 0.400. The van der Waals surface area contributed by atoms with Crippen LogP contribution in [-0.4, -0.2) is 25.4 Å². The zero-order valence-electron chi connectivity index (χ0n) is 15.7. The number of hydrogen-bond donors (Lipinski definition) is 2. The van der Waals surface area contributed by atoms with E-state index in [0.717, 1.165) is 11.1 Å². The van der Waals surface area contributed by atoms with Crippen molar-refractivity contribution in [2.24, 2.45) is 5.92 Å². The number of carbonyl (C=O) groups is 1. The van der Waals surface area contributed by atoms with Gasteiger partial charge in [0.25, 0.3) is 0 Å². The number of carbonyl (C=O) groups excluding carboxylic acids is 1. The summed E-state index contributed by atoms with van der Waals surface area (Å²) in [6.07, 6.45) is 5.98. The highest BCUT2D eigenvalue weighted by Crippen LogP contribution is 2.26. The monoisotopic (exact) mass is 421 g/mol. The second kappa shape index (κ2) is 9.03. The number of pyridine rings is 1. The lowest BCUT2D eigenvalue weighted by atomic mass is 9.86. The molecular weight excluding hydrogens is 398 g/mol. The van der Waals surface area contributed by atoms with Crippen LogP contribution in [0.5, 0.6) is 0 Å². The first kappa shape index (κ1) is 20.8. The average Bonchev–Trinajstić information content (AvgIpc) is 2.69. The summed E-state index contributed by atoms with van der Waals surface area (Å²) in [4.78, 5) is 16.6. The molecule has 0 saturated heterocycles. The fourth-order valence-electron chi connectivity index (χ4n) is 3.34. The standard InChI is InChI=1S/C20H24ClN3O3S/c1-14-4-9-18(11-19(14)21)28(26,27)24-17-7-5-16(6-8-17)20(25)23-13-15-3-2-10-22-12-15/h2-4,9-12,16-17,24H,5-8,13H2,1H3,(H,23,25). The Morgan fingerprint density at radius 3 is 2.61 bits per heavy atom. The van der Waals surface area contributed by atoms with Crippen LogP contribution in [0.2, 0.25) is 5.02 Å². The maximum Gasteiger partial charge on any atom is 0.240 e. The van der Waals surface area contributed by atoms with Crippen molar-refractivity contribution in [3.8, 4) is 0 Å². The lowest BCUT2D eigenvalue weighted by Gasteiger charge is -2.28. The van der Waals surface area contributed by atoms with Crippen LogP contribution in [0.25, 0.3) is 0 Å². The van der Waals surface area contributed by atoms with E-state index < -0.39 is 10.0 Å². The topological polar surface area (TPSA) is 88.2 Å². The number of nitrogens with one attached hydrogen (secondary N) is 2. The normalized spacial score (nSPS) is 19.9. The van der Waals surface area contributed by atoms with Crippen molar-refractivity contribution in [2.75, 3.05) is 0 Å². The van der Waals surface area contributed by atoms with E-state index in [1.165, 1.54) is 6.07 Å². The highest BCUT2D eigenvalue weighted by Gasteiger charge is 2.29. The van der Waals surface area contributed by atoms with Crippen molar-refractivity contribution in [2.45, 2.75) is 50.1 Å². The van der Waals surface area contributed by atoms with Gasteiger partial charge in [0.15, 0.2) is 0 Å². The van der Waals surface area contributed by atoms with Crippen molar-refractivity contribution in [1.82, 2.24) is 15.0 Å². The Bertz CT molecular complexity index is 927. The third-order valence-electron chi connectivity index (χ3n) is 5.06. The summed E-state index contributed by atoms with van der Waals surface area (Å²) in [5, 5.41) is 3.36. The van der Waals surface area contributed by atoms with Crippen LogP contribution >= 0.6 is 11.6 Å². The third-order valence-corrected chi connectivity index (χ3v) is 6.99. The Morgan fingerprint density at radius 1 is 1.21 bits per heavy atom. The molecule has 1 aliphatic carbocycles. The number of hydrogen-bond acceptors (Lipinski definition) is 4. The van der Waals surface area contributed by atoms with Gasteiger partial charge in [-0.1, -0.05) is 23.7 Å². The molecule has 1 aliphatic rings. The Morgan fingerprint density at radius 2 is 1.96 bits per heavy atom. The molecule has 2 aromatic rings. The Hall–Kier alpha value is -1.96. The molecule has 3 rings (SSSR count). The molecule has 0 radical (unpaired) electrons. The largest absolute Gasteiger partial charge is 0.352 e. The number of aromatic nitrogens is 1. The summed E-state index contributed by atoms with van der Waals surface area (Å²) < 4.78 is 27.9. The summed E-state index contributed by atoms with van der Waals surface area (Å²) in [5.41, 5.74) is 1.78. The predicted octanol–water partition coefficient (Wildman–Crippen LogP) is 3.20. The van der Waals surface area contributed by atoms with E-state index in [9.17, 15) is 13.2 Å². The molecule has 150 valence electrons. The first-order valence-electron chi connectivity index (χ1n) is 9.30. The second-order valence-electron chi connectivity index (χ2n) is 7.16. The molecule has 8 heteroatoms. The minimum absolute atomic E-state index is 0.00970. The van der Waals surface area contributed by atoms with Crippen molar-refractivity contribution in [3.63, 3.8) is 0 Å². The van der Waals surface area contributed by atoms with Gasteiger partial charge in [0.2, 0.25) is 15.9 Å². The SMILES string of the molecule is Cc1ccc(S(=O)(=O)NC2CCC(C(=O)NCc3cccnc3)CC2)cc1Cl. The van der Waals surface area contributed by atoms with Gasteiger partial charge in [-0.3, -0.25) is 9.78 Å². The molecule has 2 N–H and O–H groups in total. The van der Waals surface area contributed by atoms with E-state index >= 15 is 0 Å². The Kier molecular flexibility index (Phi) is 6.69. The minimum Gasteiger partial charge on any atom is -0.352 e. The molecule has 1 saturated carbocycles. The third kappa shape index (κ3) is 5.31. The molecule has 6 nitrogen and oxygen atoms in total. The minimum atomic E-state index is -3.63. The predicted molar refractivity (Wildman–Crippen MR) is 108 cm³/mol. The highest BCUT2D eigenvalue weighted by atomic mass is 35.5. The van der Waals surface area contributed by atoms with Crippen LogP contribution in [0.15, 0.2) is 47.6 Å². The maximum atomic E-state index is 12.6. The number of aryl methyl sites for hydroxylation is 1. The lowest BCUT2D eigenvalue weighted by molar-refractivity contribution is -0.126. The van der Waals surface area contributed by atoms with E-state index in [1.54, 1.807) is 24.5 Å². The van der Waals surface area contributed by atoms with Gasteiger partial charge in [-0.05, 0) is 61.9 Å². The van der Waals surface area contributed by atoms with Crippen LogP contribution in [0.3, 0.4) is 0 Å². The Balaban J connectivity index is 1.50. The van der Waals surface area contributed by atoms with Gasteiger partial charge in [0.1, 0.15) is 0 Å². The van der Waals surface area contributed by atoms with Gasteiger partial charge in [-0.25, -0.2) is 13.1 Å². The summed E-state index contributed by atoms with van der Waals surface area (Å²) in [6.45, 7) is 2.28. The van der Waals surface area contributed by atoms with E-state index in [2.05, 4.69) is 15.0 Å². The number of benzene rings is 1. The van der Waals surface area contributed by atoms with Crippen molar-refractivity contribution >= 4 is 27.5 Å². The second-order valence-corrected chi connectivity index (χ2v) is 9.28. The van der Waals surface area contributed by atoms with E-state index in [1.807, 2.05) is 19.1 Å². The van der Waals surface area contributed by atoms with Gasteiger partial charge < -0.3 is 5.32 Å². The maximum absolute atomic E-state index is 12.6. The van der Waals surface area contributed by atoms with E-state index in [4.69, 9.17) is 11.6 Å². The number of halogens is 1. The molecule has 0 spiro atoms. The smallest absolute Gasteiger partial charge is 0.240 e. The first-order chi connectivity index (χ1) is 13.3. The van der Waals surface area contributed by atoms with Gasteiger partial charge in [0, 0.05) is 35.9 Å². The van der Waals surface area contributed by atoms with Crippen LogP contribution in [-0.2, 0) is 21.4 Å². The molecule has 1 fully saturated rings. The molecule has 0 aliphatic heterocycles. The van der Waals surface area contributed by atoms with Gasteiger partial charge in [0.05, 0.1) is 4.90 Å². The molecule has 0 atom stereocenters. The summed E-state index contributed by atoms with van der Waals surface area (Å²) in [7, 11) is -3.63. The fourth-order valence-corrected chi connectivity index (χ4v) is 4.91. The number of amides is 1. The number of rotatable bonds is 6. The van der Waals surface area contributed by atoms with E-state index in [0.29, 0.717) is 37.3 Å². The summed E-state index contributed by atoms with van der Waals surface area (Å²) in [5.74, 6) is -0.0817. The molecule has 28 heavy (non-hydrogen) atoms. The highest BCUT2D eigenvalue weighted by molar-refractivity contribution is 7.89. The number of nitrogens with zero attached hydrogens (tertiary/aromatic N) is 1. The lowest BCUT2D eigenvalue weighted by Crippen LogP contribution is -2.40. The molecular formula is C20H24ClN3O3S. The van der Waals surface area contributed by atoms with E-state index in [-0.39, 0.29) is 22.8 Å². The van der Waals surface area contributed by atoms with Crippen molar-refractivity contribution in [3.05, 3.63) is 58.9 Å².